The predicted octanol–water partition coefficient (Wildman–Crippen LogP) is 3.88. The lowest BCUT2D eigenvalue weighted by molar-refractivity contribution is 1.32. The van der Waals surface area contributed by atoms with Gasteiger partial charge in [0.2, 0.25) is 0 Å². The standard InChI is InChI=1S/C13H9ClN2/c14-11-5-1-3-9(7-11)12-8-10-4-2-6-15-13(10)16-12/h1-8H,(H,15,16). The Balaban J connectivity index is 2.19. The quantitative estimate of drug-likeness (QED) is 0.673. The highest BCUT2D eigenvalue weighted by Crippen LogP contribution is 2.24. The van der Waals surface area contributed by atoms with Crippen LogP contribution in [0.4, 0.5) is 0 Å². The largest absolute Gasteiger partial charge is 0.339 e. The molecule has 0 spiro atoms. The van der Waals surface area contributed by atoms with Crippen LogP contribution in [-0.4, -0.2) is 9.97 Å². The topological polar surface area (TPSA) is 28.7 Å². The maximum absolute atomic E-state index is 5.96. The SMILES string of the molecule is Clc1cccc(-c2cc3cccnc3[nH]2)c1. The van der Waals surface area contributed by atoms with Crippen molar-refractivity contribution in [3.63, 3.8) is 0 Å². The first-order chi connectivity index (χ1) is 7.83. The monoisotopic (exact) mass is 228 g/mol. The summed E-state index contributed by atoms with van der Waals surface area (Å²) in [6.07, 6.45) is 1.78. The second kappa shape index (κ2) is 3.65. The van der Waals surface area contributed by atoms with Gasteiger partial charge in [0, 0.05) is 22.3 Å². The minimum absolute atomic E-state index is 0.740. The average molecular weight is 229 g/mol. The van der Waals surface area contributed by atoms with Crippen molar-refractivity contribution in [3.05, 3.63) is 53.7 Å². The van der Waals surface area contributed by atoms with Gasteiger partial charge in [-0.25, -0.2) is 4.98 Å². The van der Waals surface area contributed by atoms with Crippen molar-refractivity contribution in [1.29, 1.82) is 0 Å². The Morgan fingerprint density at radius 2 is 2.00 bits per heavy atom. The van der Waals surface area contributed by atoms with Gasteiger partial charge in [-0.2, -0.15) is 0 Å². The van der Waals surface area contributed by atoms with Crippen LogP contribution in [0.25, 0.3) is 22.3 Å². The van der Waals surface area contributed by atoms with E-state index in [-0.39, 0.29) is 0 Å². The van der Waals surface area contributed by atoms with Gasteiger partial charge in [0.25, 0.3) is 0 Å². The molecular weight excluding hydrogens is 220 g/mol. The third kappa shape index (κ3) is 1.57. The Kier molecular flexibility index (Phi) is 2.15. The highest BCUT2D eigenvalue weighted by atomic mass is 35.5. The number of hydrogen-bond donors (Lipinski definition) is 1. The van der Waals surface area contributed by atoms with E-state index in [0.717, 1.165) is 27.3 Å². The average Bonchev–Trinajstić information content (AvgIpc) is 2.72. The Bertz CT molecular complexity index is 610. The molecule has 16 heavy (non-hydrogen) atoms. The fourth-order valence-corrected chi connectivity index (χ4v) is 1.96. The van der Waals surface area contributed by atoms with Gasteiger partial charge in [-0.05, 0) is 35.9 Å². The van der Waals surface area contributed by atoms with Crippen LogP contribution in [-0.2, 0) is 0 Å². The lowest BCUT2D eigenvalue weighted by Crippen LogP contribution is -1.77. The van der Waals surface area contributed by atoms with Gasteiger partial charge in [0.1, 0.15) is 5.65 Å². The zero-order valence-corrected chi connectivity index (χ0v) is 9.20. The van der Waals surface area contributed by atoms with E-state index in [0.29, 0.717) is 0 Å². The molecule has 2 nitrogen and oxygen atoms in total. The van der Waals surface area contributed by atoms with Crippen molar-refractivity contribution >= 4 is 22.6 Å². The fraction of sp³-hybridized carbons (Fsp3) is 0. The zero-order valence-electron chi connectivity index (χ0n) is 8.44. The summed E-state index contributed by atoms with van der Waals surface area (Å²) in [4.78, 5) is 7.53. The molecule has 2 heterocycles. The number of fused-ring (bicyclic) bond motifs is 1. The summed E-state index contributed by atoms with van der Waals surface area (Å²) in [6, 6.07) is 13.8. The normalized spacial score (nSPS) is 10.8. The van der Waals surface area contributed by atoms with E-state index in [1.54, 1.807) is 6.20 Å². The zero-order chi connectivity index (χ0) is 11.0. The molecule has 3 rings (SSSR count). The van der Waals surface area contributed by atoms with E-state index >= 15 is 0 Å². The molecule has 0 fully saturated rings. The first-order valence-electron chi connectivity index (χ1n) is 5.02. The maximum Gasteiger partial charge on any atom is 0.137 e. The lowest BCUT2D eigenvalue weighted by atomic mass is 10.1. The summed E-state index contributed by atoms with van der Waals surface area (Å²) in [7, 11) is 0. The van der Waals surface area contributed by atoms with E-state index in [9.17, 15) is 0 Å². The Hall–Kier alpha value is -1.80. The van der Waals surface area contributed by atoms with Crippen LogP contribution in [0.15, 0.2) is 48.7 Å². The molecule has 0 saturated heterocycles. The molecule has 0 unspecified atom stereocenters. The summed E-state index contributed by atoms with van der Waals surface area (Å²) in [5.74, 6) is 0. The molecule has 2 aromatic heterocycles. The molecular formula is C13H9ClN2. The van der Waals surface area contributed by atoms with Crippen LogP contribution in [0.5, 0.6) is 0 Å². The molecule has 0 saturated carbocycles. The van der Waals surface area contributed by atoms with Crippen LogP contribution in [0.1, 0.15) is 0 Å². The third-order valence-electron chi connectivity index (χ3n) is 2.53. The van der Waals surface area contributed by atoms with E-state index < -0.39 is 0 Å². The van der Waals surface area contributed by atoms with Gasteiger partial charge in [-0.15, -0.1) is 0 Å². The highest BCUT2D eigenvalue weighted by molar-refractivity contribution is 6.30. The van der Waals surface area contributed by atoms with Crippen molar-refractivity contribution in [2.75, 3.05) is 0 Å². The van der Waals surface area contributed by atoms with Crippen LogP contribution in [0.3, 0.4) is 0 Å². The van der Waals surface area contributed by atoms with E-state index in [1.165, 1.54) is 0 Å². The smallest absolute Gasteiger partial charge is 0.137 e. The molecule has 0 radical (unpaired) electrons. The first kappa shape index (κ1) is 9.43. The summed E-state index contributed by atoms with van der Waals surface area (Å²) in [6.45, 7) is 0. The van der Waals surface area contributed by atoms with Crippen molar-refractivity contribution < 1.29 is 0 Å². The molecule has 0 atom stereocenters. The van der Waals surface area contributed by atoms with E-state index in [1.807, 2.05) is 36.4 Å². The molecule has 0 aliphatic rings. The van der Waals surface area contributed by atoms with Crippen LogP contribution in [0.2, 0.25) is 5.02 Å². The number of pyridine rings is 1. The van der Waals surface area contributed by atoms with Gasteiger partial charge < -0.3 is 4.98 Å². The maximum atomic E-state index is 5.96. The molecule has 1 aromatic carbocycles. The number of benzene rings is 1. The summed E-state index contributed by atoms with van der Waals surface area (Å²) in [5, 5.41) is 1.85. The second-order valence-electron chi connectivity index (χ2n) is 3.63. The van der Waals surface area contributed by atoms with E-state index in [2.05, 4.69) is 16.0 Å². The number of halogens is 1. The van der Waals surface area contributed by atoms with Crippen molar-refractivity contribution in [2.45, 2.75) is 0 Å². The molecule has 78 valence electrons. The highest BCUT2D eigenvalue weighted by Gasteiger charge is 2.03. The summed E-state index contributed by atoms with van der Waals surface area (Å²) >= 11 is 5.96. The van der Waals surface area contributed by atoms with E-state index in [4.69, 9.17) is 11.6 Å². The van der Waals surface area contributed by atoms with Gasteiger partial charge in [0.05, 0.1) is 0 Å². The Labute approximate surface area is 97.9 Å². The second-order valence-corrected chi connectivity index (χ2v) is 4.07. The van der Waals surface area contributed by atoms with Crippen molar-refractivity contribution in [1.82, 2.24) is 9.97 Å². The number of rotatable bonds is 1. The molecule has 3 aromatic rings. The third-order valence-corrected chi connectivity index (χ3v) is 2.76. The summed E-state index contributed by atoms with van der Waals surface area (Å²) in [5.41, 5.74) is 3.01. The number of H-pyrrole nitrogens is 1. The first-order valence-corrected chi connectivity index (χ1v) is 5.40. The minimum Gasteiger partial charge on any atom is -0.339 e. The molecule has 0 amide bonds. The molecule has 3 heteroatoms. The van der Waals surface area contributed by atoms with Crippen molar-refractivity contribution in [3.8, 4) is 11.3 Å². The molecule has 1 N–H and O–H groups in total. The predicted molar refractivity (Wildman–Crippen MR) is 66.5 cm³/mol. The van der Waals surface area contributed by atoms with Crippen LogP contribution in [0, 0.1) is 0 Å². The van der Waals surface area contributed by atoms with Crippen LogP contribution < -0.4 is 0 Å². The number of nitrogens with one attached hydrogen (secondary N) is 1. The number of aromatic amines is 1. The number of nitrogens with zero attached hydrogens (tertiary/aromatic N) is 1. The Morgan fingerprint density at radius 1 is 1.06 bits per heavy atom. The minimum atomic E-state index is 0.740. The van der Waals surface area contributed by atoms with Crippen molar-refractivity contribution in [2.24, 2.45) is 0 Å². The molecule has 0 aliphatic carbocycles. The van der Waals surface area contributed by atoms with Gasteiger partial charge in [-0.1, -0.05) is 23.7 Å². The molecule has 0 bridgehead atoms. The van der Waals surface area contributed by atoms with Crippen LogP contribution >= 0.6 is 11.6 Å². The lowest BCUT2D eigenvalue weighted by Gasteiger charge is -1.97. The number of aromatic nitrogens is 2. The van der Waals surface area contributed by atoms with Gasteiger partial charge >= 0.3 is 0 Å². The number of hydrogen-bond acceptors (Lipinski definition) is 1. The Morgan fingerprint density at radius 3 is 2.81 bits per heavy atom. The van der Waals surface area contributed by atoms with Gasteiger partial charge in [0.15, 0.2) is 0 Å². The molecule has 0 aliphatic heterocycles. The fourth-order valence-electron chi connectivity index (χ4n) is 1.77. The summed E-state index contributed by atoms with van der Waals surface area (Å²) < 4.78 is 0. The van der Waals surface area contributed by atoms with Gasteiger partial charge in [-0.3, -0.25) is 0 Å².